The van der Waals surface area contributed by atoms with E-state index in [-0.39, 0.29) is 6.42 Å². The van der Waals surface area contributed by atoms with Gasteiger partial charge in [0.1, 0.15) is 22.8 Å². The molecular formula is C16H21N3O5S. The van der Waals surface area contributed by atoms with E-state index in [1.807, 2.05) is 6.07 Å². The predicted molar refractivity (Wildman–Crippen MR) is 91.6 cm³/mol. The van der Waals surface area contributed by atoms with Gasteiger partial charge in [-0.25, -0.2) is 8.42 Å². The topological polar surface area (TPSA) is 121 Å². The molecule has 25 heavy (non-hydrogen) atoms. The lowest BCUT2D eigenvalue weighted by molar-refractivity contribution is -0.0355. The number of aliphatic hydroxyl groups excluding tert-OH is 1. The minimum absolute atomic E-state index is 0.0487. The molecule has 1 aromatic heterocycles. The highest BCUT2D eigenvalue weighted by Gasteiger charge is 2.46. The Morgan fingerprint density at radius 1 is 1.52 bits per heavy atom. The summed E-state index contributed by atoms with van der Waals surface area (Å²) in [5, 5.41) is 22.8. The monoisotopic (exact) mass is 367 g/mol. The number of sulfone groups is 1. The number of aliphatic hydroxyl groups is 1. The largest absolute Gasteiger partial charge is 0.392 e. The van der Waals surface area contributed by atoms with Crippen LogP contribution < -0.4 is 5.48 Å². The average molecular weight is 367 g/mol. The molecule has 9 heteroatoms. The summed E-state index contributed by atoms with van der Waals surface area (Å²) in [6.45, 7) is 3.08. The third kappa shape index (κ3) is 4.16. The van der Waals surface area contributed by atoms with Gasteiger partial charge in [-0.1, -0.05) is 11.1 Å². The smallest absolute Gasteiger partial charge is 0.156 e. The average Bonchev–Trinajstić information content (AvgIpc) is 3.02. The van der Waals surface area contributed by atoms with Crippen LogP contribution in [0, 0.1) is 11.8 Å². The van der Waals surface area contributed by atoms with Crippen molar-refractivity contribution >= 4 is 15.5 Å². The standard InChI is InChI=1S/C16H21N3O5S/c1-4-5-11-6-7-13(17-10-11)14-8-12(24-19-14)9-16(2,15(20)18-21)25(3,22)23/h6-7,10,12,15,18,20-21H,8-9H2,1-3H3. The highest BCUT2D eigenvalue weighted by atomic mass is 32.2. The van der Waals surface area contributed by atoms with Crippen LogP contribution >= 0.6 is 0 Å². The second-order valence-electron chi connectivity index (χ2n) is 6.10. The van der Waals surface area contributed by atoms with Crippen molar-refractivity contribution in [3.05, 3.63) is 29.6 Å². The van der Waals surface area contributed by atoms with Gasteiger partial charge in [-0.3, -0.25) is 4.98 Å². The van der Waals surface area contributed by atoms with Crippen molar-refractivity contribution in [3.63, 3.8) is 0 Å². The zero-order valence-electron chi connectivity index (χ0n) is 14.2. The Bertz CT molecular complexity index is 810. The van der Waals surface area contributed by atoms with E-state index in [2.05, 4.69) is 22.0 Å². The molecule has 1 aliphatic rings. The molecule has 0 fully saturated rings. The molecule has 0 aliphatic carbocycles. The van der Waals surface area contributed by atoms with E-state index in [1.165, 1.54) is 6.92 Å². The molecule has 1 aliphatic heterocycles. The summed E-state index contributed by atoms with van der Waals surface area (Å²) in [6.07, 6.45) is 0.707. The summed E-state index contributed by atoms with van der Waals surface area (Å²) in [5.74, 6) is 5.68. The molecule has 3 atom stereocenters. The van der Waals surface area contributed by atoms with E-state index in [9.17, 15) is 13.5 Å². The van der Waals surface area contributed by atoms with Gasteiger partial charge in [0.2, 0.25) is 0 Å². The van der Waals surface area contributed by atoms with Crippen molar-refractivity contribution in [2.75, 3.05) is 6.26 Å². The Labute approximate surface area is 146 Å². The fraction of sp³-hybridized carbons (Fsp3) is 0.500. The number of hydrogen-bond acceptors (Lipinski definition) is 8. The fourth-order valence-electron chi connectivity index (χ4n) is 2.53. The third-order valence-electron chi connectivity index (χ3n) is 4.24. The summed E-state index contributed by atoms with van der Waals surface area (Å²) in [6, 6.07) is 3.58. The SMILES string of the molecule is CC#Cc1ccc(C2=NOC(CC(C)(C(O)NO)S(C)(=O)=O)C2)nc1. The van der Waals surface area contributed by atoms with Crippen molar-refractivity contribution in [3.8, 4) is 11.8 Å². The molecule has 2 rings (SSSR count). The maximum Gasteiger partial charge on any atom is 0.156 e. The molecule has 1 aromatic rings. The van der Waals surface area contributed by atoms with Crippen LogP contribution in [0.5, 0.6) is 0 Å². The van der Waals surface area contributed by atoms with Crippen LogP contribution in [0.3, 0.4) is 0 Å². The number of pyridine rings is 1. The molecule has 3 unspecified atom stereocenters. The lowest BCUT2D eigenvalue weighted by atomic mass is 9.97. The second-order valence-corrected chi connectivity index (χ2v) is 8.57. The first-order valence-corrected chi connectivity index (χ1v) is 9.49. The number of rotatable bonds is 6. The molecule has 0 bridgehead atoms. The summed E-state index contributed by atoms with van der Waals surface area (Å²) in [4.78, 5) is 9.60. The minimum atomic E-state index is -3.69. The van der Waals surface area contributed by atoms with Gasteiger partial charge in [-0.05, 0) is 26.0 Å². The second kappa shape index (κ2) is 7.49. The van der Waals surface area contributed by atoms with Crippen LogP contribution in [0.4, 0.5) is 0 Å². The molecule has 0 aromatic carbocycles. The van der Waals surface area contributed by atoms with E-state index >= 15 is 0 Å². The normalized spacial score (nSPS) is 20.7. The van der Waals surface area contributed by atoms with Crippen LogP contribution in [-0.2, 0) is 14.7 Å². The van der Waals surface area contributed by atoms with Gasteiger partial charge in [-0.15, -0.1) is 5.92 Å². The fourth-order valence-corrected chi connectivity index (χ4v) is 3.47. The Morgan fingerprint density at radius 3 is 2.76 bits per heavy atom. The summed E-state index contributed by atoms with van der Waals surface area (Å²) in [5.41, 5.74) is 3.59. The minimum Gasteiger partial charge on any atom is -0.392 e. The van der Waals surface area contributed by atoms with E-state index in [4.69, 9.17) is 10.0 Å². The van der Waals surface area contributed by atoms with Gasteiger partial charge >= 0.3 is 0 Å². The molecule has 0 radical (unpaired) electrons. The van der Waals surface area contributed by atoms with E-state index in [0.29, 0.717) is 17.8 Å². The maximum atomic E-state index is 12.1. The molecule has 2 heterocycles. The molecule has 0 amide bonds. The molecule has 8 nitrogen and oxygen atoms in total. The number of hydroxylamine groups is 1. The van der Waals surface area contributed by atoms with E-state index in [0.717, 1.165) is 11.8 Å². The van der Waals surface area contributed by atoms with Crippen LogP contribution in [0.1, 0.15) is 37.9 Å². The van der Waals surface area contributed by atoms with Gasteiger partial charge < -0.3 is 15.2 Å². The molecule has 3 N–H and O–H groups in total. The summed E-state index contributed by atoms with van der Waals surface area (Å²) in [7, 11) is -3.69. The quantitative estimate of drug-likeness (QED) is 0.379. The summed E-state index contributed by atoms with van der Waals surface area (Å²) >= 11 is 0. The Morgan fingerprint density at radius 2 is 2.24 bits per heavy atom. The Hall–Kier alpha value is -1.99. The number of aromatic nitrogens is 1. The highest BCUT2D eigenvalue weighted by molar-refractivity contribution is 7.92. The molecular weight excluding hydrogens is 346 g/mol. The van der Waals surface area contributed by atoms with Crippen LogP contribution in [0.2, 0.25) is 0 Å². The number of nitrogens with zero attached hydrogens (tertiary/aromatic N) is 2. The zero-order valence-corrected chi connectivity index (χ0v) is 15.0. The lowest BCUT2D eigenvalue weighted by Gasteiger charge is -2.32. The van der Waals surface area contributed by atoms with Crippen molar-refractivity contribution < 1.29 is 23.6 Å². The van der Waals surface area contributed by atoms with Crippen molar-refractivity contribution in [1.82, 2.24) is 10.5 Å². The van der Waals surface area contributed by atoms with E-state index in [1.54, 1.807) is 24.7 Å². The first-order chi connectivity index (χ1) is 11.7. The van der Waals surface area contributed by atoms with Crippen LogP contribution in [0.15, 0.2) is 23.5 Å². The zero-order chi connectivity index (χ0) is 18.7. The molecule has 0 spiro atoms. The van der Waals surface area contributed by atoms with E-state index < -0.39 is 26.9 Å². The van der Waals surface area contributed by atoms with Gasteiger partial charge in [0.15, 0.2) is 9.84 Å². The van der Waals surface area contributed by atoms with Gasteiger partial charge in [-0.2, -0.15) is 5.48 Å². The predicted octanol–water partition coefficient (Wildman–Crippen LogP) is 0.437. The third-order valence-corrected chi connectivity index (χ3v) is 6.33. The van der Waals surface area contributed by atoms with Gasteiger partial charge in [0, 0.05) is 30.9 Å². The Kier molecular flexibility index (Phi) is 5.80. The highest BCUT2D eigenvalue weighted by Crippen LogP contribution is 2.30. The first kappa shape index (κ1) is 19.3. The number of hydrogen-bond donors (Lipinski definition) is 3. The molecule has 0 saturated heterocycles. The number of nitrogens with one attached hydrogen (secondary N) is 1. The Balaban J connectivity index is 2.11. The first-order valence-electron chi connectivity index (χ1n) is 7.60. The maximum absolute atomic E-state index is 12.1. The van der Waals surface area contributed by atoms with Crippen LogP contribution in [0.25, 0.3) is 0 Å². The lowest BCUT2D eigenvalue weighted by Crippen LogP contribution is -2.54. The molecule has 0 saturated carbocycles. The summed E-state index contributed by atoms with van der Waals surface area (Å²) < 4.78 is 22.5. The van der Waals surface area contributed by atoms with Crippen molar-refractivity contribution in [1.29, 1.82) is 0 Å². The van der Waals surface area contributed by atoms with Crippen molar-refractivity contribution in [2.24, 2.45) is 5.16 Å². The van der Waals surface area contributed by atoms with Gasteiger partial charge in [0.05, 0.1) is 5.69 Å². The number of oxime groups is 1. The van der Waals surface area contributed by atoms with Gasteiger partial charge in [0.25, 0.3) is 0 Å². The van der Waals surface area contributed by atoms with Crippen molar-refractivity contribution in [2.45, 2.75) is 43.8 Å². The molecule has 136 valence electrons. The van der Waals surface area contributed by atoms with Crippen LogP contribution in [-0.4, -0.2) is 52.8 Å².